The number of hydrogen-bond donors (Lipinski definition) is 1. The second-order valence-corrected chi connectivity index (χ2v) is 8.83. The van der Waals surface area contributed by atoms with Gasteiger partial charge < -0.3 is 5.32 Å². The molecule has 0 unspecified atom stereocenters. The van der Waals surface area contributed by atoms with Gasteiger partial charge in [0.05, 0.1) is 17.1 Å². The molecule has 0 saturated carbocycles. The van der Waals surface area contributed by atoms with Crippen molar-refractivity contribution in [3.63, 3.8) is 0 Å². The van der Waals surface area contributed by atoms with Gasteiger partial charge in [-0.2, -0.15) is 4.31 Å². The predicted octanol–water partition coefficient (Wildman–Crippen LogP) is 3.18. The van der Waals surface area contributed by atoms with Gasteiger partial charge in [-0.05, 0) is 30.2 Å². The number of sulfonamides is 1. The van der Waals surface area contributed by atoms with Crippen molar-refractivity contribution in [1.29, 1.82) is 0 Å². The average Bonchev–Trinajstić information content (AvgIpc) is 2.96. The van der Waals surface area contributed by atoms with E-state index in [2.05, 4.69) is 10.3 Å². The average molecular weight is 388 g/mol. The van der Waals surface area contributed by atoms with Crippen LogP contribution in [0.3, 0.4) is 0 Å². The Kier molecular flexibility index (Phi) is 5.97. The minimum atomic E-state index is -3.75. The molecule has 24 heavy (non-hydrogen) atoms. The number of carbonyl (C=O) groups is 1. The van der Waals surface area contributed by atoms with Crippen LogP contribution in [0.5, 0.6) is 0 Å². The molecule has 0 saturated heterocycles. The number of benzene rings is 1. The Labute approximate surface area is 150 Å². The van der Waals surface area contributed by atoms with Gasteiger partial charge in [0.15, 0.2) is 5.13 Å². The Morgan fingerprint density at radius 1 is 1.33 bits per heavy atom. The standard InChI is InChI=1S/C15H18ClN3O3S2/c1-10(2)13-9-23-15(17-13)18-14(20)8-19(3)24(21,22)12-6-4-11(16)5-7-12/h4-7,9-10H,8H2,1-3H3,(H,17,18,20). The predicted molar refractivity (Wildman–Crippen MR) is 96.1 cm³/mol. The van der Waals surface area contributed by atoms with Gasteiger partial charge in [-0.3, -0.25) is 4.79 Å². The Morgan fingerprint density at radius 2 is 1.96 bits per heavy atom. The van der Waals surface area contributed by atoms with Crippen molar-refractivity contribution in [1.82, 2.24) is 9.29 Å². The van der Waals surface area contributed by atoms with Gasteiger partial charge in [0.25, 0.3) is 0 Å². The molecule has 1 amide bonds. The van der Waals surface area contributed by atoms with E-state index in [0.29, 0.717) is 10.2 Å². The number of thiazole rings is 1. The van der Waals surface area contributed by atoms with E-state index < -0.39 is 15.9 Å². The second-order valence-electron chi connectivity index (χ2n) is 5.50. The van der Waals surface area contributed by atoms with Crippen molar-refractivity contribution in [2.45, 2.75) is 24.7 Å². The topological polar surface area (TPSA) is 79.4 Å². The largest absolute Gasteiger partial charge is 0.301 e. The lowest BCUT2D eigenvalue weighted by Crippen LogP contribution is -2.34. The number of rotatable bonds is 6. The lowest BCUT2D eigenvalue weighted by Gasteiger charge is -2.16. The maximum absolute atomic E-state index is 12.4. The van der Waals surface area contributed by atoms with E-state index in [1.165, 1.54) is 42.6 Å². The van der Waals surface area contributed by atoms with Gasteiger partial charge >= 0.3 is 0 Å². The zero-order chi connectivity index (χ0) is 17.9. The summed E-state index contributed by atoms with van der Waals surface area (Å²) in [6.45, 7) is 3.71. The number of amides is 1. The molecule has 1 heterocycles. The van der Waals surface area contributed by atoms with E-state index in [0.717, 1.165) is 10.00 Å². The third-order valence-corrected chi connectivity index (χ3v) is 6.09. The lowest BCUT2D eigenvalue weighted by molar-refractivity contribution is -0.116. The number of hydrogen-bond acceptors (Lipinski definition) is 5. The van der Waals surface area contributed by atoms with Gasteiger partial charge in [-0.15, -0.1) is 11.3 Å². The summed E-state index contributed by atoms with van der Waals surface area (Å²) in [6, 6.07) is 5.79. The van der Waals surface area contributed by atoms with Crippen molar-refractivity contribution < 1.29 is 13.2 Å². The minimum absolute atomic E-state index is 0.0820. The molecule has 9 heteroatoms. The number of nitrogens with zero attached hydrogens (tertiary/aromatic N) is 2. The molecule has 0 aliphatic carbocycles. The number of nitrogens with one attached hydrogen (secondary N) is 1. The molecule has 130 valence electrons. The summed E-state index contributed by atoms with van der Waals surface area (Å²) in [6.07, 6.45) is 0. The molecule has 1 aromatic carbocycles. The minimum Gasteiger partial charge on any atom is -0.301 e. The zero-order valence-electron chi connectivity index (χ0n) is 13.5. The molecule has 0 spiro atoms. The van der Waals surface area contributed by atoms with Gasteiger partial charge in [0, 0.05) is 17.5 Å². The van der Waals surface area contributed by atoms with Crippen LogP contribution in [0.4, 0.5) is 5.13 Å². The summed E-state index contributed by atoms with van der Waals surface area (Å²) in [5, 5.41) is 5.39. The summed E-state index contributed by atoms with van der Waals surface area (Å²) in [5.74, 6) is -0.181. The molecule has 1 aromatic heterocycles. The highest BCUT2D eigenvalue weighted by Crippen LogP contribution is 2.22. The fourth-order valence-corrected chi connectivity index (χ4v) is 3.98. The highest BCUT2D eigenvalue weighted by Gasteiger charge is 2.23. The van der Waals surface area contributed by atoms with Crippen LogP contribution in [-0.4, -0.2) is 37.2 Å². The first-order valence-electron chi connectivity index (χ1n) is 7.17. The third kappa shape index (κ3) is 4.54. The van der Waals surface area contributed by atoms with Crippen LogP contribution in [-0.2, 0) is 14.8 Å². The number of halogens is 1. The van der Waals surface area contributed by atoms with E-state index >= 15 is 0 Å². The van der Waals surface area contributed by atoms with E-state index in [4.69, 9.17) is 11.6 Å². The first kappa shape index (κ1) is 18.9. The van der Waals surface area contributed by atoms with Crippen molar-refractivity contribution in [2.75, 3.05) is 18.9 Å². The van der Waals surface area contributed by atoms with Crippen molar-refractivity contribution in [3.8, 4) is 0 Å². The second kappa shape index (κ2) is 7.60. The molecule has 0 atom stereocenters. The van der Waals surface area contributed by atoms with E-state index in [9.17, 15) is 13.2 Å². The third-order valence-electron chi connectivity index (χ3n) is 3.25. The molecule has 0 fully saturated rings. The molecule has 0 aliphatic rings. The van der Waals surface area contributed by atoms with Gasteiger partial charge in [-0.25, -0.2) is 13.4 Å². The summed E-state index contributed by atoms with van der Waals surface area (Å²) < 4.78 is 25.8. The van der Waals surface area contributed by atoms with Crippen molar-refractivity contribution >= 4 is 44.0 Å². The SMILES string of the molecule is CC(C)c1csc(NC(=O)CN(C)S(=O)(=O)c2ccc(Cl)cc2)n1. The number of anilines is 1. The highest BCUT2D eigenvalue weighted by molar-refractivity contribution is 7.89. The van der Waals surface area contributed by atoms with Crippen molar-refractivity contribution in [2.24, 2.45) is 0 Å². The summed E-state index contributed by atoms with van der Waals surface area (Å²) in [5.41, 5.74) is 0.887. The Hall–Kier alpha value is -1.48. The van der Waals surface area contributed by atoms with Crippen LogP contribution < -0.4 is 5.32 Å². The Morgan fingerprint density at radius 3 is 2.50 bits per heavy atom. The molecule has 0 bridgehead atoms. The Balaban J connectivity index is 2.03. The molecule has 1 N–H and O–H groups in total. The van der Waals surface area contributed by atoms with Crippen LogP contribution in [0.2, 0.25) is 5.02 Å². The molecule has 6 nitrogen and oxygen atoms in total. The summed E-state index contributed by atoms with van der Waals surface area (Å²) >= 11 is 7.07. The van der Waals surface area contributed by atoms with Crippen LogP contribution in [0.15, 0.2) is 34.5 Å². The van der Waals surface area contributed by atoms with Gasteiger partial charge in [-0.1, -0.05) is 25.4 Å². The zero-order valence-corrected chi connectivity index (χ0v) is 15.9. The smallest absolute Gasteiger partial charge is 0.243 e. The quantitative estimate of drug-likeness (QED) is 0.825. The lowest BCUT2D eigenvalue weighted by atomic mass is 10.2. The fraction of sp³-hybridized carbons (Fsp3) is 0.333. The fourth-order valence-electron chi connectivity index (χ4n) is 1.84. The van der Waals surface area contributed by atoms with Crippen LogP contribution in [0, 0.1) is 0 Å². The highest BCUT2D eigenvalue weighted by atomic mass is 35.5. The first-order chi connectivity index (χ1) is 11.2. The van der Waals surface area contributed by atoms with Crippen LogP contribution in [0.1, 0.15) is 25.5 Å². The molecular weight excluding hydrogens is 370 g/mol. The molecule has 2 rings (SSSR count). The number of aromatic nitrogens is 1. The monoisotopic (exact) mass is 387 g/mol. The van der Waals surface area contributed by atoms with Crippen molar-refractivity contribution in [3.05, 3.63) is 40.4 Å². The van der Waals surface area contributed by atoms with Crippen LogP contribution >= 0.6 is 22.9 Å². The summed E-state index contributed by atoms with van der Waals surface area (Å²) in [4.78, 5) is 16.4. The van der Waals surface area contributed by atoms with Gasteiger partial charge in [0.1, 0.15) is 0 Å². The molecule has 0 radical (unpaired) electrons. The molecular formula is C15H18ClN3O3S2. The van der Waals surface area contributed by atoms with Crippen LogP contribution in [0.25, 0.3) is 0 Å². The summed E-state index contributed by atoms with van der Waals surface area (Å²) in [7, 11) is -2.40. The maximum atomic E-state index is 12.4. The maximum Gasteiger partial charge on any atom is 0.243 e. The Bertz CT molecular complexity index is 817. The molecule has 0 aliphatic heterocycles. The normalized spacial score (nSPS) is 11.9. The van der Waals surface area contributed by atoms with Gasteiger partial charge in [0.2, 0.25) is 15.9 Å². The number of carbonyl (C=O) groups excluding carboxylic acids is 1. The molecule has 2 aromatic rings. The number of likely N-dealkylation sites (N-methyl/N-ethyl adjacent to an activating group) is 1. The first-order valence-corrected chi connectivity index (χ1v) is 9.87. The van der Waals surface area contributed by atoms with E-state index in [1.807, 2.05) is 19.2 Å². The van der Waals surface area contributed by atoms with E-state index in [1.54, 1.807) is 0 Å². The van der Waals surface area contributed by atoms with E-state index in [-0.39, 0.29) is 17.4 Å².